The Morgan fingerprint density at radius 1 is 1.21 bits per heavy atom. The molecule has 2 saturated heterocycles. The number of hydrogen-bond donors (Lipinski definition) is 1. The average molecular weight is 288 g/mol. The van der Waals surface area contributed by atoms with Crippen molar-refractivity contribution >= 4 is 9.84 Å². The smallest absolute Gasteiger partial charge is 0.151 e. The maximum Gasteiger partial charge on any atom is 0.151 e. The van der Waals surface area contributed by atoms with Gasteiger partial charge in [-0.3, -0.25) is 0 Å². The molecule has 2 fully saturated rings. The van der Waals surface area contributed by atoms with Gasteiger partial charge >= 0.3 is 0 Å². The van der Waals surface area contributed by atoms with Crippen LogP contribution in [0.5, 0.6) is 0 Å². The van der Waals surface area contributed by atoms with Crippen LogP contribution in [0.25, 0.3) is 0 Å². The van der Waals surface area contributed by atoms with E-state index in [2.05, 4.69) is 17.1 Å². The van der Waals surface area contributed by atoms with E-state index in [0.717, 1.165) is 25.4 Å². The molecule has 19 heavy (non-hydrogen) atoms. The van der Waals surface area contributed by atoms with Gasteiger partial charge in [0.25, 0.3) is 0 Å². The predicted octanol–water partition coefficient (Wildman–Crippen LogP) is 1.28. The van der Waals surface area contributed by atoms with Gasteiger partial charge in [0.05, 0.1) is 11.5 Å². The van der Waals surface area contributed by atoms with Gasteiger partial charge in [-0.25, -0.2) is 8.42 Å². The molecule has 0 saturated carbocycles. The molecule has 2 aliphatic rings. The van der Waals surface area contributed by atoms with E-state index in [4.69, 9.17) is 0 Å². The summed E-state index contributed by atoms with van der Waals surface area (Å²) in [5.74, 6) is 1.65. The summed E-state index contributed by atoms with van der Waals surface area (Å²) in [6.07, 6.45) is 6.16. The highest BCUT2D eigenvalue weighted by atomic mass is 32.2. The molecule has 1 N–H and O–H groups in total. The average Bonchev–Trinajstić information content (AvgIpc) is 2.72. The zero-order valence-electron chi connectivity index (χ0n) is 12.1. The summed E-state index contributed by atoms with van der Waals surface area (Å²) in [6.45, 7) is 6.70. The lowest BCUT2D eigenvalue weighted by Gasteiger charge is -2.32. The number of likely N-dealkylation sites (tertiary alicyclic amines) is 1. The van der Waals surface area contributed by atoms with Crippen LogP contribution in [0.3, 0.4) is 0 Å². The molecule has 4 nitrogen and oxygen atoms in total. The van der Waals surface area contributed by atoms with Gasteiger partial charge in [0.15, 0.2) is 9.84 Å². The van der Waals surface area contributed by atoms with Crippen LogP contribution in [0, 0.1) is 5.92 Å². The van der Waals surface area contributed by atoms with Crippen LogP contribution < -0.4 is 5.32 Å². The summed E-state index contributed by atoms with van der Waals surface area (Å²) in [5.41, 5.74) is 0. The third-order valence-electron chi connectivity index (χ3n) is 4.50. The van der Waals surface area contributed by atoms with Gasteiger partial charge in [-0.15, -0.1) is 0 Å². The summed E-state index contributed by atoms with van der Waals surface area (Å²) in [7, 11) is -2.74. The molecule has 1 atom stereocenters. The van der Waals surface area contributed by atoms with Crippen LogP contribution in [0.2, 0.25) is 0 Å². The minimum Gasteiger partial charge on any atom is -0.312 e. The molecule has 0 bridgehead atoms. The minimum absolute atomic E-state index is 0.197. The fourth-order valence-corrected chi connectivity index (χ4v) is 5.00. The molecule has 2 heterocycles. The number of hydrogen-bond acceptors (Lipinski definition) is 4. The summed E-state index contributed by atoms with van der Waals surface area (Å²) < 4.78 is 22.7. The third kappa shape index (κ3) is 5.04. The molecular formula is C14H28N2O2S. The van der Waals surface area contributed by atoms with E-state index in [1.807, 2.05) is 0 Å². The largest absolute Gasteiger partial charge is 0.312 e. The minimum atomic E-state index is -2.74. The molecule has 2 aliphatic heterocycles. The van der Waals surface area contributed by atoms with E-state index in [1.54, 1.807) is 0 Å². The standard InChI is InChI=1S/C14H28N2O2S/c1-2-3-13-4-8-16(9-5-13)10-7-15-14-6-11-19(17,18)12-14/h13-15H,2-12H2,1H3. The first-order chi connectivity index (χ1) is 9.09. The van der Waals surface area contributed by atoms with Crippen LogP contribution in [-0.4, -0.2) is 57.0 Å². The van der Waals surface area contributed by atoms with Crippen molar-refractivity contribution < 1.29 is 8.42 Å². The van der Waals surface area contributed by atoms with Crippen molar-refractivity contribution in [1.29, 1.82) is 0 Å². The van der Waals surface area contributed by atoms with Crippen molar-refractivity contribution in [2.45, 2.75) is 45.1 Å². The second kappa shape index (κ2) is 7.04. The van der Waals surface area contributed by atoms with Gasteiger partial charge in [0.1, 0.15) is 0 Å². The van der Waals surface area contributed by atoms with Crippen molar-refractivity contribution in [2.75, 3.05) is 37.7 Å². The summed E-state index contributed by atoms with van der Waals surface area (Å²) in [4.78, 5) is 2.52. The quantitative estimate of drug-likeness (QED) is 0.800. The van der Waals surface area contributed by atoms with Crippen molar-refractivity contribution in [3.8, 4) is 0 Å². The van der Waals surface area contributed by atoms with Gasteiger partial charge < -0.3 is 10.2 Å². The van der Waals surface area contributed by atoms with Gasteiger partial charge in [0, 0.05) is 19.1 Å². The first-order valence-electron chi connectivity index (χ1n) is 7.75. The van der Waals surface area contributed by atoms with Gasteiger partial charge in [-0.2, -0.15) is 0 Å². The second-order valence-electron chi connectivity index (χ2n) is 6.13. The predicted molar refractivity (Wildman–Crippen MR) is 79.1 cm³/mol. The Bertz CT molecular complexity index is 362. The number of nitrogens with one attached hydrogen (secondary N) is 1. The summed E-state index contributed by atoms with van der Waals surface area (Å²) in [6, 6.07) is 0.197. The first kappa shape index (κ1) is 15.3. The van der Waals surface area contributed by atoms with E-state index in [9.17, 15) is 8.42 Å². The monoisotopic (exact) mass is 288 g/mol. The lowest BCUT2D eigenvalue weighted by atomic mass is 9.92. The number of sulfone groups is 1. The molecule has 5 heteroatoms. The molecule has 0 aromatic heterocycles. The van der Waals surface area contributed by atoms with Gasteiger partial charge in [-0.05, 0) is 38.3 Å². The molecule has 0 aromatic rings. The van der Waals surface area contributed by atoms with E-state index in [0.29, 0.717) is 11.5 Å². The first-order valence-corrected chi connectivity index (χ1v) is 9.57. The Morgan fingerprint density at radius 3 is 2.53 bits per heavy atom. The maximum atomic E-state index is 11.4. The van der Waals surface area contributed by atoms with Gasteiger partial charge in [-0.1, -0.05) is 19.8 Å². The summed E-state index contributed by atoms with van der Waals surface area (Å²) in [5, 5.41) is 3.40. The van der Waals surface area contributed by atoms with Crippen LogP contribution >= 0.6 is 0 Å². The lowest BCUT2D eigenvalue weighted by Crippen LogP contribution is -2.41. The Labute approximate surface area is 117 Å². The highest BCUT2D eigenvalue weighted by Gasteiger charge is 2.27. The topological polar surface area (TPSA) is 49.4 Å². The van der Waals surface area contributed by atoms with Crippen molar-refractivity contribution in [1.82, 2.24) is 10.2 Å². The normalized spacial score (nSPS) is 28.8. The molecule has 2 rings (SSSR count). The van der Waals surface area contributed by atoms with Crippen LogP contribution in [-0.2, 0) is 9.84 Å². The van der Waals surface area contributed by atoms with Crippen molar-refractivity contribution in [3.05, 3.63) is 0 Å². The Balaban J connectivity index is 1.57. The Morgan fingerprint density at radius 2 is 1.95 bits per heavy atom. The maximum absolute atomic E-state index is 11.4. The highest BCUT2D eigenvalue weighted by molar-refractivity contribution is 7.91. The SMILES string of the molecule is CCCC1CCN(CCNC2CCS(=O)(=O)C2)CC1. The number of nitrogens with zero attached hydrogens (tertiary/aromatic N) is 1. The summed E-state index contributed by atoms with van der Waals surface area (Å²) >= 11 is 0. The molecular weight excluding hydrogens is 260 g/mol. The van der Waals surface area contributed by atoms with E-state index in [-0.39, 0.29) is 6.04 Å². The third-order valence-corrected chi connectivity index (χ3v) is 6.27. The Kier molecular flexibility index (Phi) is 5.66. The lowest BCUT2D eigenvalue weighted by molar-refractivity contribution is 0.178. The van der Waals surface area contributed by atoms with Gasteiger partial charge in [0.2, 0.25) is 0 Å². The highest BCUT2D eigenvalue weighted by Crippen LogP contribution is 2.21. The molecule has 0 aliphatic carbocycles. The van der Waals surface area contributed by atoms with Crippen LogP contribution in [0.1, 0.15) is 39.0 Å². The Hall–Kier alpha value is -0.130. The van der Waals surface area contributed by atoms with E-state index < -0.39 is 9.84 Å². The van der Waals surface area contributed by atoms with E-state index >= 15 is 0 Å². The zero-order chi connectivity index (χ0) is 13.7. The second-order valence-corrected chi connectivity index (χ2v) is 8.36. The molecule has 0 radical (unpaired) electrons. The van der Waals surface area contributed by atoms with Crippen LogP contribution in [0.15, 0.2) is 0 Å². The fourth-order valence-electron chi connectivity index (χ4n) is 3.29. The molecule has 0 aromatic carbocycles. The molecule has 0 spiro atoms. The fraction of sp³-hybridized carbons (Fsp3) is 1.00. The van der Waals surface area contributed by atoms with Crippen molar-refractivity contribution in [3.63, 3.8) is 0 Å². The number of piperidine rings is 1. The van der Waals surface area contributed by atoms with Crippen molar-refractivity contribution in [2.24, 2.45) is 5.92 Å². The zero-order valence-corrected chi connectivity index (χ0v) is 12.9. The molecule has 0 amide bonds. The molecule has 112 valence electrons. The molecule has 1 unspecified atom stereocenters. The number of rotatable bonds is 6. The van der Waals surface area contributed by atoms with Crippen LogP contribution in [0.4, 0.5) is 0 Å². The van der Waals surface area contributed by atoms with E-state index in [1.165, 1.54) is 38.8 Å².